The van der Waals surface area contributed by atoms with Crippen LogP contribution in [0.3, 0.4) is 0 Å². The fourth-order valence-electron chi connectivity index (χ4n) is 0.364. The molecule has 0 aromatic rings. The van der Waals surface area contributed by atoms with E-state index in [-0.39, 0.29) is 6.61 Å². The van der Waals surface area contributed by atoms with Gasteiger partial charge in [0.1, 0.15) is 5.88 Å². The molecule has 1 unspecified atom stereocenters. The fraction of sp³-hybridized carbons (Fsp3) is 1.00. The molecule has 0 fully saturated rings. The molecule has 0 spiro atoms. The van der Waals surface area contributed by atoms with Crippen LogP contribution < -0.4 is 0 Å². The van der Waals surface area contributed by atoms with Crippen LogP contribution in [0.25, 0.3) is 0 Å². The Labute approximate surface area is 84.1 Å². The van der Waals surface area contributed by atoms with E-state index in [1.165, 1.54) is 0 Å². The van der Waals surface area contributed by atoms with Crippen molar-refractivity contribution in [1.82, 2.24) is 0 Å². The van der Waals surface area contributed by atoms with Gasteiger partial charge in [-0.25, -0.2) is 0 Å². The number of alkyl halides is 3. The van der Waals surface area contributed by atoms with E-state index in [0.717, 1.165) is 0 Å². The highest BCUT2D eigenvalue weighted by molar-refractivity contribution is 8.22. The van der Waals surface area contributed by atoms with Crippen molar-refractivity contribution in [2.24, 2.45) is 0 Å². The molecule has 0 bridgehead atoms. The van der Waals surface area contributed by atoms with E-state index in [0.29, 0.717) is 0 Å². The van der Waals surface area contributed by atoms with Crippen LogP contribution in [-0.4, -0.2) is 18.6 Å². The Morgan fingerprint density at radius 2 is 2.08 bits per heavy atom. The van der Waals surface area contributed by atoms with Crippen LogP contribution in [0.15, 0.2) is 0 Å². The lowest BCUT2D eigenvalue weighted by Crippen LogP contribution is -2.20. The van der Waals surface area contributed by atoms with Gasteiger partial charge in [0, 0.05) is 0 Å². The SMILES string of the molecule is CCOP(=S)(Cl)OC(F)(F)CCl. The van der Waals surface area contributed by atoms with Crippen LogP contribution in [0.2, 0.25) is 0 Å². The Kier molecular flexibility index (Phi) is 5.46. The van der Waals surface area contributed by atoms with Crippen molar-refractivity contribution in [3.63, 3.8) is 0 Å². The van der Waals surface area contributed by atoms with Crippen LogP contribution in [0.1, 0.15) is 6.92 Å². The quantitative estimate of drug-likeness (QED) is 0.557. The first-order chi connectivity index (χ1) is 5.33. The first-order valence-electron chi connectivity index (χ1n) is 2.92. The smallest absolute Gasteiger partial charge is 0.318 e. The van der Waals surface area contributed by atoms with Crippen molar-refractivity contribution in [1.29, 1.82) is 0 Å². The number of halogens is 4. The van der Waals surface area contributed by atoms with Gasteiger partial charge in [-0.2, -0.15) is 8.78 Å². The molecule has 0 saturated heterocycles. The van der Waals surface area contributed by atoms with Gasteiger partial charge < -0.3 is 4.52 Å². The highest BCUT2D eigenvalue weighted by Gasteiger charge is 2.36. The van der Waals surface area contributed by atoms with E-state index in [2.05, 4.69) is 20.9 Å². The lowest BCUT2D eigenvalue weighted by molar-refractivity contribution is -0.154. The Bertz CT molecular complexity index is 192. The third-order valence-electron chi connectivity index (χ3n) is 0.681. The largest absolute Gasteiger partial charge is 0.375 e. The minimum absolute atomic E-state index is 0.124. The predicted molar refractivity (Wildman–Crippen MR) is 48.5 cm³/mol. The minimum Gasteiger partial charge on any atom is -0.318 e. The van der Waals surface area contributed by atoms with Crippen molar-refractivity contribution in [2.75, 3.05) is 12.5 Å². The Morgan fingerprint density at radius 3 is 2.42 bits per heavy atom. The molecule has 1 atom stereocenters. The van der Waals surface area contributed by atoms with Gasteiger partial charge in [-0.1, -0.05) is 0 Å². The lowest BCUT2D eigenvalue weighted by atomic mass is 10.8. The van der Waals surface area contributed by atoms with Crippen LogP contribution in [-0.2, 0) is 20.9 Å². The molecule has 0 saturated carbocycles. The molecule has 74 valence electrons. The van der Waals surface area contributed by atoms with Crippen molar-refractivity contribution >= 4 is 40.5 Å². The molecule has 0 aliphatic heterocycles. The maximum absolute atomic E-state index is 12.4. The van der Waals surface area contributed by atoms with Gasteiger partial charge in [-0.3, -0.25) is 4.52 Å². The molecular formula is C4H7Cl2F2O2PS. The van der Waals surface area contributed by atoms with Gasteiger partial charge in [-0.05, 0) is 30.0 Å². The standard InChI is InChI=1S/C4H7Cl2F2O2PS/c1-2-9-11(6,12)10-4(7,8)3-5/h2-3H2,1H3. The molecule has 0 aromatic carbocycles. The van der Waals surface area contributed by atoms with Crippen molar-refractivity contribution in [2.45, 2.75) is 13.0 Å². The van der Waals surface area contributed by atoms with Crippen molar-refractivity contribution in [3.8, 4) is 0 Å². The first kappa shape index (κ1) is 13.0. The molecule has 0 aliphatic rings. The molecule has 0 amide bonds. The topological polar surface area (TPSA) is 18.5 Å². The predicted octanol–water partition coefficient (Wildman–Crippen LogP) is 3.33. The minimum atomic E-state index is -3.52. The van der Waals surface area contributed by atoms with E-state index in [1.807, 2.05) is 0 Å². The molecule has 2 nitrogen and oxygen atoms in total. The number of hydrogen-bond acceptors (Lipinski definition) is 3. The second kappa shape index (κ2) is 5.03. The van der Waals surface area contributed by atoms with E-state index in [1.54, 1.807) is 6.92 Å². The maximum Gasteiger partial charge on any atom is 0.375 e. The van der Waals surface area contributed by atoms with Gasteiger partial charge in [-0.15, -0.1) is 11.6 Å². The third kappa shape index (κ3) is 5.62. The normalized spacial score (nSPS) is 17.4. The average molecular weight is 259 g/mol. The molecule has 0 aromatic heterocycles. The summed E-state index contributed by atoms with van der Waals surface area (Å²) in [5, 5.41) is 0. The van der Waals surface area contributed by atoms with Gasteiger partial charge in [0.2, 0.25) is 0 Å². The monoisotopic (exact) mass is 258 g/mol. The first-order valence-corrected chi connectivity index (χ1v) is 6.99. The summed E-state index contributed by atoms with van der Waals surface area (Å²) >= 11 is 14.7. The molecule has 8 heteroatoms. The van der Waals surface area contributed by atoms with Gasteiger partial charge in [0.25, 0.3) is 5.84 Å². The van der Waals surface area contributed by atoms with Gasteiger partial charge in [0.15, 0.2) is 0 Å². The summed E-state index contributed by atoms with van der Waals surface area (Å²) in [7, 11) is 0. The lowest BCUT2D eigenvalue weighted by Gasteiger charge is -2.19. The summed E-state index contributed by atoms with van der Waals surface area (Å²) in [4.78, 5) is 0. The molecule has 0 N–H and O–H groups in total. The van der Waals surface area contributed by atoms with Crippen molar-refractivity contribution in [3.05, 3.63) is 0 Å². The molecule has 0 aliphatic carbocycles. The van der Waals surface area contributed by atoms with Crippen LogP contribution in [0, 0.1) is 0 Å². The molecular weight excluding hydrogens is 252 g/mol. The summed E-state index contributed by atoms with van der Waals surface area (Å²) < 4.78 is 33.4. The van der Waals surface area contributed by atoms with E-state index >= 15 is 0 Å². The Balaban J connectivity index is 4.14. The van der Waals surface area contributed by atoms with Crippen LogP contribution in [0.4, 0.5) is 8.78 Å². The zero-order valence-corrected chi connectivity index (χ0v) is 9.32. The zero-order valence-electron chi connectivity index (χ0n) is 6.10. The van der Waals surface area contributed by atoms with Crippen LogP contribution in [0.5, 0.6) is 0 Å². The molecule has 0 rings (SSSR count). The molecule has 0 heterocycles. The second-order valence-corrected chi connectivity index (χ2v) is 6.66. The summed E-state index contributed by atoms with van der Waals surface area (Å²) in [5.74, 6) is -4.35. The summed E-state index contributed by atoms with van der Waals surface area (Å²) in [6.45, 7) is 1.70. The van der Waals surface area contributed by atoms with Crippen LogP contribution >= 0.6 is 28.7 Å². The highest BCUT2D eigenvalue weighted by Crippen LogP contribution is 2.57. The van der Waals surface area contributed by atoms with E-state index < -0.39 is 17.8 Å². The third-order valence-corrected chi connectivity index (χ3v) is 3.08. The number of rotatable bonds is 5. The summed E-state index contributed by atoms with van der Waals surface area (Å²) in [5.41, 5.74) is 0. The summed E-state index contributed by atoms with van der Waals surface area (Å²) in [6, 6.07) is 0. The van der Waals surface area contributed by atoms with Gasteiger partial charge >= 0.3 is 6.11 Å². The summed E-state index contributed by atoms with van der Waals surface area (Å²) in [6.07, 6.45) is -3.52. The van der Waals surface area contributed by atoms with Gasteiger partial charge in [0.05, 0.1) is 6.61 Å². The molecule has 0 radical (unpaired) electrons. The average Bonchev–Trinajstić information content (AvgIpc) is 1.85. The number of hydrogen-bond donors (Lipinski definition) is 0. The van der Waals surface area contributed by atoms with E-state index in [4.69, 9.17) is 22.8 Å². The Hall–Kier alpha value is 1.01. The fourth-order valence-corrected chi connectivity index (χ4v) is 2.48. The Morgan fingerprint density at radius 1 is 1.58 bits per heavy atom. The molecule has 12 heavy (non-hydrogen) atoms. The van der Waals surface area contributed by atoms with E-state index in [9.17, 15) is 8.78 Å². The highest BCUT2D eigenvalue weighted by atomic mass is 35.7. The zero-order chi connectivity index (χ0) is 9.83. The maximum atomic E-state index is 12.4. The second-order valence-electron chi connectivity index (χ2n) is 1.71. The van der Waals surface area contributed by atoms with Crippen molar-refractivity contribution < 1.29 is 17.8 Å².